The lowest BCUT2D eigenvalue weighted by Gasteiger charge is -2.19. The summed E-state index contributed by atoms with van der Waals surface area (Å²) in [5.41, 5.74) is 2.00. The first-order valence-electron chi connectivity index (χ1n) is 8.29. The molecule has 0 bridgehead atoms. The van der Waals surface area contributed by atoms with Crippen LogP contribution in [0.4, 0.5) is 11.6 Å². The van der Waals surface area contributed by atoms with Crippen LogP contribution in [0.15, 0.2) is 30.6 Å². The Morgan fingerprint density at radius 2 is 2.12 bits per heavy atom. The third kappa shape index (κ3) is 2.89. The molecule has 0 spiro atoms. The molecule has 1 unspecified atom stereocenters. The molecule has 1 atom stereocenters. The molecule has 1 N–H and O–H groups in total. The van der Waals surface area contributed by atoms with E-state index in [2.05, 4.69) is 36.3 Å². The Morgan fingerprint density at radius 1 is 1.21 bits per heavy atom. The van der Waals surface area contributed by atoms with Gasteiger partial charge < -0.3 is 10.2 Å². The second-order valence-corrected chi connectivity index (χ2v) is 6.37. The number of hydrogen-bond donors (Lipinski definition) is 1. The van der Waals surface area contributed by atoms with E-state index in [1.54, 1.807) is 6.33 Å². The summed E-state index contributed by atoms with van der Waals surface area (Å²) in [4.78, 5) is 15.5. The van der Waals surface area contributed by atoms with Crippen molar-refractivity contribution in [3.63, 3.8) is 0 Å². The van der Waals surface area contributed by atoms with Gasteiger partial charge in [0.1, 0.15) is 18.0 Å². The largest absolute Gasteiger partial charge is 0.370 e. The van der Waals surface area contributed by atoms with Gasteiger partial charge >= 0.3 is 0 Å². The zero-order valence-corrected chi connectivity index (χ0v) is 14.0. The van der Waals surface area contributed by atoms with Crippen LogP contribution < -0.4 is 10.2 Å². The maximum Gasteiger partial charge on any atom is 0.254 e. The third-order valence-corrected chi connectivity index (χ3v) is 4.43. The maximum atomic E-state index is 4.50. The number of hydrogen-bond acceptors (Lipinski definition) is 6. The number of fused-ring (bicyclic) bond motifs is 1. The van der Waals surface area contributed by atoms with Gasteiger partial charge in [0.05, 0.1) is 0 Å². The highest BCUT2D eigenvalue weighted by molar-refractivity contribution is 5.48. The summed E-state index contributed by atoms with van der Waals surface area (Å²) in [6.45, 7) is 6.95. The van der Waals surface area contributed by atoms with Gasteiger partial charge in [-0.25, -0.2) is 9.97 Å². The molecule has 0 amide bonds. The Labute approximate surface area is 140 Å². The predicted octanol–water partition coefficient (Wildman–Crippen LogP) is 2.07. The Bertz CT molecular complexity index is 857. The van der Waals surface area contributed by atoms with Crippen LogP contribution in [0.1, 0.15) is 17.8 Å². The van der Waals surface area contributed by atoms with Gasteiger partial charge in [-0.1, -0.05) is 6.07 Å². The molecule has 24 heavy (non-hydrogen) atoms. The Kier molecular flexibility index (Phi) is 3.76. The lowest BCUT2D eigenvalue weighted by atomic mass is 10.1. The highest BCUT2D eigenvalue weighted by Crippen LogP contribution is 2.24. The summed E-state index contributed by atoms with van der Waals surface area (Å²) >= 11 is 0. The molecule has 1 aliphatic heterocycles. The van der Waals surface area contributed by atoms with Crippen molar-refractivity contribution in [2.24, 2.45) is 5.92 Å². The maximum absolute atomic E-state index is 4.50. The van der Waals surface area contributed by atoms with E-state index in [0.717, 1.165) is 49.1 Å². The van der Waals surface area contributed by atoms with E-state index in [9.17, 15) is 0 Å². The molecule has 0 aromatic carbocycles. The number of rotatable bonds is 4. The van der Waals surface area contributed by atoms with E-state index >= 15 is 0 Å². The fourth-order valence-corrected chi connectivity index (χ4v) is 3.23. The predicted molar refractivity (Wildman–Crippen MR) is 93.3 cm³/mol. The van der Waals surface area contributed by atoms with Gasteiger partial charge in [0.15, 0.2) is 0 Å². The SMILES string of the molecule is Cc1cccc(NCC2CCN(c3cc(C)nc4ncnn34)C2)n1. The molecular weight excluding hydrogens is 302 g/mol. The van der Waals surface area contributed by atoms with Crippen LogP contribution in [0.2, 0.25) is 0 Å². The van der Waals surface area contributed by atoms with Crippen molar-refractivity contribution in [3.05, 3.63) is 42.0 Å². The number of anilines is 2. The Hall–Kier alpha value is -2.70. The molecule has 124 valence electrons. The Balaban J connectivity index is 1.45. The van der Waals surface area contributed by atoms with Gasteiger partial charge in [0.25, 0.3) is 5.78 Å². The highest BCUT2D eigenvalue weighted by Gasteiger charge is 2.25. The fourth-order valence-electron chi connectivity index (χ4n) is 3.23. The van der Waals surface area contributed by atoms with Crippen molar-refractivity contribution in [1.82, 2.24) is 24.6 Å². The lowest BCUT2D eigenvalue weighted by molar-refractivity contribution is 0.620. The monoisotopic (exact) mass is 323 g/mol. The van der Waals surface area contributed by atoms with Gasteiger partial charge in [-0.05, 0) is 38.3 Å². The van der Waals surface area contributed by atoms with Crippen LogP contribution in [0, 0.1) is 19.8 Å². The molecule has 1 aliphatic rings. The summed E-state index contributed by atoms with van der Waals surface area (Å²) in [6.07, 6.45) is 2.71. The van der Waals surface area contributed by atoms with Gasteiger partial charge in [0, 0.05) is 37.1 Å². The van der Waals surface area contributed by atoms with E-state index in [1.165, 1.54) is 0 Å². The highest BCUT2D eigenvalue weighted by atomic mass is 15.4. The van der Waals surface area contributed by atoms with Crippen molar-refractivity contribution in [1.29, 1.82) is 0 Å². The number of aromatic nitrogens is 5. The average molecular weight is 323 g/mol. The normalized spacial score (nSPS) is 17.6. The van der Waals surface area contributed by atoms with E-state index in [1.807, 2.05) is 36.6 Å². The van der Waals surface area contributed by atoms with Crippen LogP contribution >= 0.6 is 0 Å². The van der Waals surface area contributed by atoms with E-state index in [4.69, 9.17) is 0 Å². The first-order valence-corrected chi connectivity index (χ1v) is 8.29. The van der Waals surface area contributed by atoms with Crippen LogP contribution in [-0.2, 0) is 0 Å². The number of pyridine rings is 1. The van der Waals surface area contributed by atoms with Gasteiger partial charge in [-0.15, -0.1) is 0 Å². The van der Waals surface area contributed by atoms with Crippen LogP contribution in [-0.4, -0.2) is 44.2 Å². The second kappa shape index (κ2) is 6.07. The van der Waals surface area contributed by atoms with Gasteiger partial charge in [-0.3, -0.25) is 0 Å². The molecule has 0 radical (unpaired) electrons. The lowest BCUT2D eigenvalue weighted by Crippen LogP contribution is -2.25. The third-order valence-electron chi connectivity index (χ3n) is 4.43. The Morgan fingerprint density at radius 3 is 3.00 bits per heavy atom. The molecule has 1 saturated heterocycles. The molecular formula is C17H21N7. The van der Waals surface area contributed by atoms with Crippen LogP contribution in [0.25, 0.3) is 5.78 Å². The standard InChI is InChI=1S/C17H21N7/c1-12-4-3-5-15(21-12)18-9-14-6-7-23(10-14)16-8-13(2)22-17-19-11-20-24(16)17/h3-5,8,11,14H,6-7,9-10H2,1-2H3,(H,18,21). The molecule has 7 nitrogen and oxygen atoms in total. The molecule has 7 heteroatoms. The van der Waals surface area contributed by atoms with Crippen molar-refractivity contribution in [2.45, 2.75) is 20.3 Å². The minimum atomic E-state index is 0.583. The molecule has 4 rings (SSSR count). The van der Waals surface area contributed by atoms with Crippen molar-refractivity contribution < 1.29 is 0 Å². The number of aryl methyl sites for hydroxylation is 2. The van der Waals surface area contributed by atoms with Crippen molar-refractivity contribution >= 4 is 17.4 Å². The average Bonchev–Trinajstić information content (AvgIpc) is 3.21. The number of nitrogens with one attached hydrogen (secondary N) is 1. The molecule has 4 heterocycles. The van der Waals surface area contributed by atoms with Crippen molar-refractivity contribution in [3.8, 4) is 0 Å². The van der Waals surface area contributed by atoms with E-state index in [0.29, 0.717) is 11.7 Å². The second-order valence-electron chi connectivity index (χ2n) is 6.37. The number of nitrogens with zero attached hydrogens (tertiary/aromatic N) is 6. The topological polar surface area (TPSA) is 71.2 Å². The fraction of sp³-hybridized carbons (Fsp3) is 0.412. The minimum Gasteiger partial charge on any atom is -0.370 e. The van der Waals surface area contributed by atoms with Gasteiger partial charge in [-0.2, -0.15) is 14.6 Å². The minimum absolute atomic E-state index is 0.583. The molecule has 1 fully saturated rings. The molecule has 0 saturated carbocycles. The van der Waals surface area contributed by atoms with Crippen LogP contribution in [0.5, 0.6) is 0 Å². The van der Waals surface area contributed by atoms with Crippen molar-refractivity contribution in [2.75, 3.05) is 29.9 Å². The summed E-state index contributed by atoms with van der Waals surface area (Å²) in [7, 11) is 0. The first kappa shape index (κ1) is 14.9. The summed E-state index contributed by atoms with van der Waals surface area (Å²) in [6, 6.07) is 8.15. The molecule has 0 aliphatic carbocycles. The molecule has 3 aromatic heterocycles. The zero-order valence-electron chi connectivity index (χ0n) is 14.0. The summed E-state index contributed by atoms with van der Waals surface area (Å²) in [5, 5.41) is 7.77. The van der Waals surface area contributed by atoms with E-state index < -0.39 is 0 Å². The first-order chi connectivity index (χ1) is 11.7. The quantitative estimate of drug-likeness (QED) is 0.792. The zero-order chi connectivity index (χ0) is 16.5. The van der Waals surface area contributed by atoms with Crippen LogP contribution in [0.3, 0.4) is 0 Å². The smallest absolute Gasteiger partial charge is 0.254 e. The summed E-state index contributed by atoms with van der Waals surface area (Å²) in [5.74, 6) is 3.27. The van der Waals surface area contributed by atoms with Gasteiger partial charge in [0.2, 0.25) is 0 Å². The summed E-state index contributed by atoms with van der Waals surface area (Å²) < 4.78 is 1.82. The van der Waals surface area contributed by atoms with E-state index in [-0.39, 0.29) is 0 Å². The molecule has 3 aromatic rings.